The largest absolute Gasteiger partial charge is 0.393 e. The summed E-state index contributed by atoms with van der Waals surface area (Å²) < 4.78 is 12.8. The van der Waals surface area contributed by atoms with Crippen LogP contribution in [0.4, 0.5) is 4.39 Å². The van der Waals surface area contributed by atoms with Gasteiger partial charge < -0.3 is 16.2 Å². The van der Waals surface area contributed by atoms with Crippen molar-refractivity contribution in [3.05, 3.63) is 35.6 Å². The maximum atomic E-state index is 12.8. The first-order valence-electron chi connectivity index (χ1n) is 7.76. The molecule has 1 aromatic rings. The van der Waals surface area contributed by atoms with Gasteiger partial charge in [-0.05, 0) is 43.4 Å². The Balaban J connectivity index is 2.55. The van der Waals surface area contributed by atoms with Crippen LogP contribution in [0.3, 0.4) is 0 Å². The lowest BCUT2D eigenvalue weighted by atomic mass is 9.88. The van der Waals surface area contributed by atoms with E-state index < -0.39 is 23.8 Å². The van der Waals surface area contributed by atoms with E-state index in [-0.39, 0.29) is 18.1 Å². The van der Waals surface area contributed by atoms with E-state index in [1.807, 2.05) is 0 Å². The highest BCUT2D eigenvalue weighted by molar-refractivity contribution is 5.80. The molecule has 6 heteroatoms. The van der Waals surface area contributed by atoms with Gasteiger partial charge in [0, 0.05) is 18.9 Å². The minimum absolute atomic E-state index is 0.209. The summed E-state index contributed by atoms with van der Waals surface area (Å²) in [5, 5.41) is 12.7. The highest BCUT2D eigenvalue weighted by Gasteiger charge is 2.25. The Morgan fingerprint density at radius 2 is 1.87 bits per heavy atom. The fourth-order valence-electron chi connectivity index (χ4n) is 2.49. The monoisotopic (exact) mass is 324 g/mol. The van der Waals surface area contributed by atoms with Crippen molar-refractivity contribution in [1.82, 2.24) is 5.32 Å². The van der Waals surface area contributed by atoms with Gasteiger partial charge in [0.15, 0.2) is 0 Å². The molecular formula is C17H25FN2O3. The van der Waals surface area contributed by atoms with Crippen molar-refractivity contribution in [2.75, 3.05) is 7.05 Å². The minimum atomic E-state index is -0.678. The van der Waals surface area contributed by atoms with Gasteiger partial charge in [0.05, 0.1) is 6.10 Å². The van der Waals surface area contributed by atoms with Crippen LogP contribution in [0.15, 0.2) is 24.3 Å². The molecule has 128 valence electrons. The zero-order valence-electron chi connectivity index (χ0n) is 13.6. The molecule has 0 bridgehead atoms. The highest BCUT2D eigenvalue weighted by atomic mass is 19.1. The van der Waals surface area contributed by atoms with E-state index in [0.717, 1.165) is 5.56 Å². The Morgan fingerprint density at radius 3 is 2.39 bits per heavy atom. The first-order chi connectivity index (χ1) is 10.8. The fraction of sp³-hybridized carbons (Fsp3) is 0.529. The normalized spacial score (nSPS) is 14.8. The number of hydrogen-bond donors (Lipinski definition) is 3. The molecule has 0 radical (unpaired) electrons. The van der Waals surface area contributed by atoms with Crippen molar-refractivity contribution in [3.63, 3.8) is 0 Å². The van der Waals surface area contributed by atoms with Gasteiger partial charge >= 0.3 is 0 Å². The highest BCUT2D eigenvalue weighted by Crippen LogP contribution is 2.20. The van der Waals surface area contributed by atoms with Gasteiger partial charge in [-0.3, -0.25) is 9.59 Å². The van der Waals surface area contributed by atoms with Crippen LogP contribution in [0, 0.1) is 17.7 Å². The Hall–Kier alpha value is -1.95. The van der Waals surface area contributed by atoms with Crippen LogP contribution in [0.5, 0.6) is 0 Å². The third kappa shape index (κ3) is 6.78. The van der Waals surface area contributed by atoms with E-state index in [4.69, 9.17) is 5.73 Å². The zero-order chi connectivity index (χ0) is 17.4. The van der Waals surface area contributed by atoms with Crippen molar-refractivity contribution in [1.29, 1.82) is 0 Å². The number of hydrogen-bond acceptors (Lipinski definition) is 3. The number of halogens is 1. The Bertz CT molecular complexity index is 519. The van der Waals surface area contributed by atoms with Gasteiger partial charge in [0.25, 0.3) is 0 Å². The van der Waals surface area contributed by atoms with E-state index in [2.05, 4.69) is 5.32 Å². The number of carbonyl (C=O) groups is 2. The number of carbonyl (C=O) groups excluding carboxylic acids is 2. The van der Waals surface area contributed by atoms with Crippen LogP contribution >= 0.6 is 0 Å². The topological polar surface area (TPSA) is 92.4 Å². The number of nitrogens with two attached hydrogens (primary N) is 1. The second-order valence-corrected chi connectivity index (χ2v) is 5.90. The summed E-state index contributed by atoms with van der Waals surface area (Å²) >= 11 is 0. The molecule has 0 aliphatic carbocycles. The van der Waals surface area contributed by atoms with Crippen molar-refractivity contribution < 1.29 is 19.1 Å². The third-order valence-electron chi connectivity index (χ3n) is 3.98. The molecule has 0 aromatic heterocycles. The SMILES string of the molecule is CNC(=O)[C@H](CC(C)C(N)=O)C[C@@H](O)CCc1ccc(F)cc1. The summed E-state index contributed by atoms with van der Waals surface area (Å²) in [6.07, 6.45) is 0.945. The second kappa shape index (κ2) is 9.25. The van der Waals surface area contributed by atoms with Crippen LogP contribution < -0.4 is 11.1 Å². The molecule has 2 amide bonds. The van der Waals surface area contributed by atoms with Gasteiger partial charge in [-0.15, -0.1) is 0 Å². The lowest BCUT2D eigenvalue weighted by Gasteiger charge is -2.21. The van der Waals surface area contributed by atoms with E-state index in [0.29, 0.717) is 19.3 Å². The molecule has 1 aromatic carbocycles. The Morgan fingerprint density at radius 1 is 1.26 bits per heavy atom. The summed E-state index contributed by atoms with van der Waals surface area (Å²) in [5.41, 5.74) is 6.16. The van der Waals surface area contributed by atoms with E-state index >= 15 is 0 Å². The molecular weight excluding hydrogens is 299 g/mol. The molecule has 1 rings (SSSR count). The number of benzene rings is 1. The molecule has 0 aliphatic heterocycles. The number of nitrogens with one attached hydrogen (secondary N) is 1. The fourth-order valence-corrected chi connectivity index (χ4v) is 2.49. The molecule has 5 nitrogen and oxygen atoms in total. The molecule has 23 heavy (non-hydrogen) atoms. The molecule has 0 heterocycles. The molecule has 0 saturated carbocycles. The average molecular weight is 324 g/mol. The maximum Gasteiger partial charge on any atom is 0.222 e. The Kier molecular flexibility index (Phi) is 7.68. The molecule has 0 aliphatic rings. The minimum Gasteiger partial charge on any atom is -0.393 e. The second-order valence-electron chi connectivity index (χ2n) is 5.90. The molecule has 0 saturated heterocycles. The van der Waals surface area contributed by atoms with Gasteiger partial charge in [0.1, 0.15) is 5.82 Å². The van der Waals surface area contributed by atoms with Crippen LogP contribution in [0.25, 0.3) is 0 Å². The first-order valence-corrected chi connectivity index (χ1v) is 7.76. The summed E-state index contributed by atoms with van der Waals surface area (Å²) in [6.45, 7) is 1.67. The van der Waals surface area contributed by atoms with Crippen molar-refractivity contribution in [3.8, 4) is 0 Å². The van der Waals surface area contributed by atoms with Gasteiger partial charge in [-0.2, -0.15) is 0 Å². The predicted octanol–water partition coefficient (Wildman–Crippen LogP) is 1.38. The van der Waals surface area contributed by atoms with Gasteiger partial charge in [0.2, 0.25) is 11.8 Å². The van der Waals surface area contributed by atoms with E-state index in [9.17, 15) is 19.1 Å². The standard InChI is InChI=1S/C17H25FN2O3/c1-11(16(19)22)9-13(17(23)20-2)10-15(21)8-5-12-3-6-14(18)7-4-12/h3-4,6-7,11,13,15,21H,5,8-10H2,1-2H3,(H2,19,22)(H,20,23)/t11?,13-,15+/m1/s1. The van der Waals surface area contributed by atoms with E-state index in [1.165, 1.54) is 19.2 Å². The lowest BCUT2D eigenvalue weighted by molar-refractivity contribution is -0.127. The lowest BCUT2D eigenvalue weighted by Crippen LogP contribution is -2.34. The van der Waals surface area contributed by atoms with Crippen LogP contribution in [-0.2, 0) is 16.0 Å². The molecule has 1 unspecified atom stereocenters. The van der Waals surface area contributed by atoms with Crippen molar-refractivity contribution >= 4 is 11.8 Å². The summed E-state index contributed by atoms with van der Waals surface area (Å²) in [4.78, 5) is 23.1. The summed E-state index contributed by atoms with van der Waals surface area (Å²) in [7, 11) is 1.52. The summed E-state index contributed by atoms with van der Waals surface area (Å²) in [5.74, 6) is -1.86. The third-order valence-corrected chi connectivity index (χ3v) is 3.98. The van der Waals surface area contributed by atoms with Crippen LogP contribution in [-0.4, -0.2) is 30.1 Å². The summed E-state index contributed by atoms with van der Waals surface area (Å²) in [6, 6.07) is 6.11. The number of rotatable bonds is 9. The number of primary amides is 1. The van der Waals surface area contributed by atoms with E-state index in [1.54, 1.807) is 19.1 Å². The number of aryl methyl sites for hydroxylation is 1. The van der Waals surface area contributed by atoms with Crippen LogP contribution in [0.1, 0.15) is 31.7 Å². The number of aliphatic hydroxyl groups excluding tert-OH is 1. The molecule has 4 N–H and O–H groups in total. The van der Waals surface area contributed by atoms with Gasteiger partial charge in [-0.25, -0.2) is 4.39 Å². The van der Waals surface area contributed by atoms with Crippen molar-refractivity contribution in [2.45, 2.75) is 38.7 Å². The predicted molar refractivity (Wildman–Crippen MR) is 85.9 cm³/mol. The average Bonchev–Trinajstić information content (AvgIpc) is 2.52. The Labute approximate surface area is 136 Å². The van der Waals surface area contributed by atoms with Gasteiger partial charge in [-0.1, -0.05) is 19.1 Å². The van der Waals surface area contributed by atoms with Crippen LogP contribution in [0.2, 0.25) is 0 Å². The number of aliphatic hydroxyl groups is 1. The molecule has 0 spiro atoms. The maximum absolute atomic E-state index is 12.8. The molecule has 0 fully saturated rings. The zero-order valence-corrected chi connectivity index (χ0v) is 13.6. The smallest absolute Gasteiger partial charge is 0.222 e. The molecule has 3 atom stereocenters. The van der Waals surface area contributed by atoms with Crippen molar-refractivity contribution in [2.24, 2.45) is 17.6 Å². The quantitative estimate of drug-likeness (QED) is 0.641. The number of amides is 2. The first kappa shape index (κ1) is 19.1.